The molecule has 1 unspecified atom stereocenters. The van der Waals surface area contributed by atoms with Crippen molar-refractivity contribution in [3.05, 3.63) is 11.5 Å². The lowest BCUT2D eigenvalue weighted by molar-refractivity contribution is 0.139. The van der Waals surface area contributed by atoms with Gasteiger partial charge in [-0.3, -0.25) is 4.68 Å². The maximum atomic E-state index is 6.20. The lowest BCUT2D eigenvalue weighted by Crippen LogP contribution is -2.12. The number of aromatic nitrogens is 4. The third kappa shape index (κ3) is 2.24. The van der Waals surface area contributed by atoms with Crippen molar-refractivity contribution in [1.82, 2.24) is 19.3 Å². The highest BCUT2D eigenvalue weighted by molar-refractivity contribution is 6.20. The van der Waals surface area contributed by atoms with Gasteiger partial charge in [-0.05, 0) is 20.8 Å². The fourth-order valence-corrected chi connectivity index (χ4v) is 2.34. The smallest absolute Gasteiger partial charge is 0.158 e. The first-order valence-corrected chi connectivity index (χ1v) is 6.61. The summed E-state index contributed by atoms with van der Waals surface area (Å²) in [6.45, 7) is 8.00. The SMILES string of the molecule is CCOCCn1c(C(C)Cl)nc2c(C)nn(C)c21. The molecule has 0 saturated carbocycles. The summed E-state index contributed by atoms with van der Waals surface area (Å²) in [6.07, 6.45) is 0. The first-order chi connectivity index (χ1) is 8.56. The molecule has 0 spiro atoms. The zero-order valence-electron chi connectivity index (χ0n) is 11.3. The Morgan fingerprint density at radius 3 is 2.78 bits per heavy atom. The van der Waals surface area contributed by atoms with E-state index < -0.39 is 0 Å². The Bertz CT molecular complexity index is 544. The molecule has 0 N–H and O–H groups in total. The highest BCUT2D eigenvalue weighted by atomic mass is 35.5. The summed E-state index contributed by atoms with van der Waals surface area (Å²) < 4.78 is 9.37. The van der Waals surface area contributed by atoms with Crippen LogP contribution in [-0.2, 0) is 18.3 Å². The van der Waals surface area contributed by atoms with E-state index >= 15 is 0 Å². The maximum absolute atomic E-state index is 6.20. The van der Waals surface area contributed by atoms with Crippen LogP contribution in [0.4, 0.5) is 0 Å². The molecule has 2 aromatic rings. The number of hydrogen-bond donors (Lipinski definition) is 0. The number of ether oxygens (including phenoxy) is 1. The minimum absolute atomic E-state index is 0.126. The molecule has 0 aliphatic rings. The number of aryl methyl sites for hydroxylation is 2. The monoisotopic (exact) mass is 270 g/mol. The molecule has 6 heteroatoms. The van der Waals surface area contributed by atoms with Gasteiger partial charge in [0.15, 0.2) is 5.65 Å². The summed E-state index contributed by atoms with van der Waals surface area (Å²) in [5, 5.41) is 4.26. The van der Waals surface area contributed by atoms with Gasteiger partial charge in [0, 0.05) is 20.2 Å². The zero-order chi connectivity index (χ0) is 13.3. The summed E-state index contributed by atoms with van der Waals surface area (Å²) in [5.41, 5.74) is 2.87. The van der Waals surface area contributed by atoms with Crippen molar-refractivity contribution in [2.45, 2.75) is 32.7 Å². The van der Waals surface area contributed by atoms with Gasteiger partial charge in [0.2, 0.25) is 0 Å². The quantitative estimate of drug-likeness (QED) is 0.619. The molecule has 18 heavy (non-hydrogen) atoms. The van der Waals surface area contributed by atoms with Crippen LogP contribution in [0.1, 0.15) is 30.7 Å². The lowest BCUT2D eigenvalue weighted by Gasteiger charge is -2.10. The first-order valence-electron chi connectivity index (χ1n) is 6.17. The van der Waals surface area contributed by atoms with Crippen LogP contribution in [0.15, 0.2) is 0 Å². The van der Waals surface area contributed by atoms with Gasteiger partial charge in [0.25, 0.3) is 0 Å². The molecule has 0 saturated heterocycles. The second-order valence-electron chi connectivity index (χ2n) is 4.32. The highest BCUT2D eigenvalue weighted by Crippen LogP contribution is 2.25. The number of nitrogens with zero attached hydrogens (tertiary/aromatic N) is 4. The Morgan fingerprint density at radius 1 is 1.44 bits per heavy atom. The molecule has 2 rings (SSSR count). The third-order valence-corrected chi connectivity index (χ3v) is 3.13. The summed E-state index contributed by atoms with van der Waals surface area (Å²) in [7, 11) is 1.93. The van der Waals surface area contributed by atoms with Crippen LogP contribution in [0.5, 0.6) is 0 Å². The number of rotatable bonds is 5. The van der Waals surface area contributed by atoms with Crippen molar-refractivity contribution in [3.63, 3.8) is 0 Å². The highest BCUT2D eigenvalue weighted by Gasteiger charge is 2.19. The standard InChI is InChI=1S/C12H19ClN4O/c1-5-18-7-6-17-11(8(2)13)14-10-9(3)15-16(4)12(10)17/h8H,5-7H2,1-4H3. The minimum atomic E-state index is -0.126. The number of alkyl halides is 1. The molecule has 0 fully saturated rings. The Kier molecular flexibility index (Phi) is 3.92. The molecule has 0 aliphatic carbocycles. The molecule has 0 radical (unpaired) electrons. The zero-order valence-corrected chi connectivity index (χ0v) is 12.0. The number of hydrogen-bond acceptors (Lipinski definition) is 3. The first kappa shape index (κ1) is 13.4. The number of fused-ring (bicyclic) bond motifs is 1. The summed E-state index contributed by atoms with van der Waals surface area (Å²) in [5.74, 6) is 0.877. The summed E-state index contributed by atoms with van der Waals surface area (Å²) >= 11 is 6.20. The molecule has 0 amide bonds. The van der Waals surface area contributed by atoms with Crippen molar-refractivity contribution in [2.24, 2.45) is 7.05 Å². The lowest BCUT2D eigenvalue weighted by atomic mass is 10.4. The van der Waals surface area contributed by atoms with Crippen molar-refractivity contribution in [1.29, 1.82) is 0 Å². The van der Waals surface area contributed by atoms with E-state index in [-0.39, 0.29) is 5.38 Å². The Balaban J connectivity index is 2.47. The molecule has 2 heterocycles. The van der Waals surface area contributed by atoms with Gasteiger partial charge in [0.05, 0.1) is 17.7 Å². The van der Waals surface area contributed by atoms with Crippen LogP contribution in [0.2, 0.25) is 0 Å². The van der Waals surface area contributed by atoms with Crippen LogP contribution in [0, 0.1) is 6.92 Å². The van der Waals surface area contributed by atoms with E-state index in [9.17, 15) is 0 Å². The fraction of sp³-hybridized carbons (Fsp3) is 0.667. The summed E-state index contributed by atoms with van der Waals surface area (Å²) in [4.78, 5) is 4.60. The molecule has 2 aromatic heterocycles. The molecule has 100 valence electrons. The fourth-order valence-electron chi connectivity index (χ4n) is 2.18. The molecular weight excluding hydrogens is 252 g/mol. The van der Waals surface area contributed by atoms with Gasteiger partial charge in [-0.15, -0.1) is 11.6 Å². The molecule has 0 bridgehead atoms. The molecule has 0 aromatic carbocycles. The van der Waals surface area contributed by atoms with Crippen LogP contribution >= 0.6 is 11.6 Å². The van der Waals surface area contributed by atoms with E-state index in [2.05, 4.69) is 14.6 Å². The van der Waals surface area contributed by atoms with Crippen molar-refractivity contribution < 1.29 is 4.74 Å². The predicted molar refractivity (Wildman–Crippen MR) is 72.0 cm³/mol. The van der Waals surface area contributed by atoms with Gasteiger partial charge < -0.3 is 9.30 Å². The number of halogens is 1. The van der Waals surface area contributed by atoms with E-state index in [1.165, 1.54) is 0 Å². The van der Waals surface area contributed by atoms with Crippen molar-refractivity contribution in [3.8, 4) is 0 Å². The Labute approximate surface area is 112 Å². The van der Waals surface area contributed by atoms with Crippen LogP contribution < -0.4 is 0 Å². The van der Waals surface area contributed by atoms with E-state index in [4.69, 9.17) is 16.3 Å². The van der Waals surface area contributed by atoms with Crippen LogP contribution in [0.3, 0.4) is 0 Å². The van der Waals surface area contributed by atoms with Gasteiger partial charge in [-0.2, -0.15) is 5.10 Å². The normalized spacial score (nSPS) is 13.4. The Morgan fingerprint density at radius 2 is 2.17 bits per heavy atom. The largest absolute Gasteiger partial charge is 0.380 e. The predicted octanol–water partition coefficient (Wildman–Crippen LogP) is 2.41. The van der Waals surface area contributed by atoms with Gasteiger partial charge in [-0.1, -0.05) is 0 Å². The molecular formula is C12H19ClN4O. The van der Waals surface area contributed by atoms with E-state index in [0.29, 0.717) is 13.2 Å². The van der Waals surface area contributed by atoms with Gasteiger partial charge in [-0.25, -0.2) is 4.98 Å². The van der Waals surface area contributed by atoms with E-state index in [0.717, 1.165) is 29.2 Å². The Hall–Kier alpha value is -1.07. The van der Waals surface area contributed by atoms with Gasteiger partial charge in [0.1, 0.15) is 11.3 Å². The minimum Gasteiger partial charge on any atom is -0.380 e. The van der Waals surface area contributed by atoms with Crippen molar-refractivity contribution in [2.75, 3.05) is 13.2 Å². The van der Waals surface area contributed by atoms with E-state index in [1.807, 2.05) is 32.5 Å². The molecule has 5 nitrogen and oxygen atoms in total. The average molecular weight is 271 g/mol. The van der Waals surface area contributed by atoms with Crippen LogP contribution in [0.25, 0.3) is 11.2 Å². The topological polar surface area (TPSA) is 44.9 Å². The number of imidazole rings is 1. The second kappa shape index (κ2) is 5.28. The summed E-state index contributed by atoms with van der Waals surface area (Å²) in [6, 6.07) is 0. The van der Waals surface area contributed by atoms with Crippen molar-refractivity contribution >= 4 is 22.8 Å². The third-order valence-electron chi connectivity index (χ3n) is 2.94. The average Bonchev–Trinajstić information content (AvgIpc) is 2.80. The van der Waals surface area contributed by atoms with Gasteiger partial charge >= 0.3 is 0 Å². The van der Waals surface area contributed by atoms with E-state index in [1.54, 1.807) is 0 Å². The van der Waals surface area contributed by atoms with Crippen LogP contribution in [-0.4, -0.2) is 32.5 Å². The molecule has 0 aliphatic heterocycles. The maximum Gasteiger partial charge on any atom is 0.158 e. The molecule has 1 atom stereocenters. The second-order valence-corrected chi connectivity index (χ2v) is 4.97.